The first-order valence-corrected chi connectivity index (χ1v) is 10.4. The second-order valence-corrected chi connectivity index (χ2v) is 8.72. The zero-order valence-electron chi connectivity index (χ0n) is 15.7. The number of allylic oxidation sites excluding steroid dienone is 1. The molecule has 2 aromatic rings. The van der Waals surface area contributed by atoms with Crippen LogP contribution in [0.3, 0.4) is 0 Å². The van der Waals surface area contributed by atoms with Crippen molar-refractivity contribution in [1.82, 2.24) is 0 Å². The summed E-state index contributed by atoms with van der Waals surface area (Å²) >= 11 is 0. The third-order valence-corrected chi connectivity index (χ3v) is 6.91. The van der Waals surface area contributed by atoms with Gasteiger partial charge < -0.3 is 0 Å². The van der Waals surface area contributed by atoms with Crippen LogP contribution < -0.4 is 0 Å². The molecule has 2 saturated carbocycles. The van der Waals surface area contributed by atoms with Gasteiger partial charge in [0, 0.05) is 0 Å². The maximum absolute atomic E-state index is 3.83. The average molecular weight is 333 g/mol. The molecule has 25 heavy (non-hydrogen) atoms. The molecule has 2 aliphatic rings. The molecule has 0 heterocycles. The molecule has 0 spiro atoms. The molecule has 0 saturated heterocycles. The van der Waals surface area contributed by atoms with Gasteiger partial charge in [0.1, 0.15) is 0 Å². The topological polar surface area (TPSA) is 0 Å². The minimum Gasteiger partial charge on any atom is -0.103 e. The Morgan fingerprint density at radius 3 is 2.56 bits per heavy atom. The van der Waals surface area contributed by atoms with E-state index < -0.39 is 0 Å². The zero-order chi connectivity index (χ0) is 17.2. The summed E-state index contributed by atoms with van der Waals surface area (Å²) in [7, 11) is 0. The van der Waals surface area contributed by atoms with Gasteiger partial charge in [-0.2, -0.15) is 0 Å². The van der Waals surface area contributed by atoms with E-state index in [9.17, 15) is 0 Å². The number of hydrogen-bond donors (Lipinski definition) is 0. The summed E-state index contributed by atoms with van der Waals surface area (Å²) in [6, 6.07) is 14.2. The van der Waals surface area contributed by atoms with Crippen LogP contribution in [-0.4, -0.2) is 0 Å². The first-order chi connectivity index (χ1) is 12.2. The lowest BCUT2D eigenvalue weighted by Crippen LogP contribution is -2.29. The third-order valence-electron chi connectivity index (χ3n) is 6.91. The highest BCUT2D eigenvalue weighted by Crippen LogP contribution is 2.47. The van der Waals surface area contributed by atoms with E-state index in [1.807, 2.05) is 6.08 Å². The Labute approximate surface area is 153 Å². The summed E-state index contributed by atoms with van der Waals surface area (Å²) in [5.74, 6) is 3.77. The fourth-order valence-electron chi connectivity index (χ4n) is 5.42. The van der Waals surface area contributed by atoms with E-state index >= 15 is 0 Å². The van der Waals surface area contributed by atoms with Crippen LogP contribution in [0.25, 0.3) is 10.8 Å². The lowest BCUT2D eigenvalue weighted by molar-refractivity contribution is 0.124. The van der Waals surface area contributed by atoms with Crippen LogP contribution in [-0.2, 0) is 6.42 Å². The molecule has 4 atom stereocenters. The minimum atomic E-state index is 0.791. The van der Waals surface area contributed by atoms with Gasteiger partial charge in [-0.05, 0) is 90.5 Å². The van der Waals surface area contributed by atoms with Gasteiger partial charge in [0.15, 0.2) is 0 Å². The molecule has 0 heteroatoms. The monoisotopic (exact) mass is 332 g/mol. The molecule has 0 N–H and O–H groups in total. The normalized spacial score (nSPS) is 29.3. The average Bonchev–Trinajstić information content (AvgIpc) is 2.65. The first kappa shape index (κ1) is 16.9. The van der Waals surface area contributed by atoms with Crippen LogP contribution in [0, 0.1) is 17.8 Å². The molecule has 0 radical (unpaired) electrons. The Hall–Kier alpha value is -1.56. The second-order valence-electron chi connectivity index (χ2n) is 8.72. The van der Waals surface area contributed by atoms with Gasteiger partial charge in [-0.15, -0.1) is 6.58 Å². The van der Waals surface area contributed by atoms with E-state index in [0.29, 0.717) is 0 Å². The van der Waals surface area contributed by atoms with Crippen LogP contribution in [0.5, 0.6) is 0 Å². The van der Waals surface area contributed by atoms with Gasteiger partial charge in [-0.3, -0.25) is 0 Å². The summed E-state index contributed by atoms with van der Waals surface area (Å²) in [6.45, 7) is 6.29. The van der Waals surface area contributed by atoms with E-state index in [4.69, 9.17) is 0 Å². The van der Waals surface area contributed by atoms with Gasteiger partial charge in [0.25, 0.3) is 0 Å². The van der Waals surface area contributed by atoms with E-state index in [1.165, 1.54) is 54.9 Å². The second kappa shape index (κ2) is 7.36. The summed E-state index contributed by atoms with van der Waals surface area (Å²) in [4.78, 5) is 0. The van der Waals surface area contributed by atoms with Crippen LogP contribution >= 0.6 is 0 Å². The van der Waals surface area contributed by atoms with Crippen molar-refractivity contribution in [3.05, 3.63) is 60.2 Å². The van der Waals surface area contributed by atoms with Crippen molar-refractivity contribution in [1.29, 1.82) is 0 Å². The summed E-state index contributed by atoms with van der Waals surface area (Å²) in [6.07, 6.45) is 12.9. The van der Waals surface area contributed by atoms with Crippen molar-refractivity contribution in [3.63, 3.8) is 0 Å². The molecular formula is C25H32. The highest BCUT2D eigenvalue weighted by atomic mass is 14.4. The fraction of sp³-hybridized carbons (Fsp3) is 0.520. The first-order valence-electron chi connectivity index (χ1n) is 10.4. The standard InChI is InChI=1S/C25H32/c1-3-4-5-19-7-9-23-17-25(13-11-21(23)15-19)24-12-10-20-14-18(2)6-8-22(20)16-24/h3,7,9,11,13,15,17-18,20,22,24H,1,4-6,8,10,12,14,16H2,2H3. The van der Waals surface area contributed by atoms with Crippen molar-refractivity contribution < 1.29 is 0 Å². The molecular weight excluding hydrogens is 300 g/mol. The molecule has 4 unspecified atom stereocenters. The summed E-state index contributed by atoms with van der Waals surface area (Å²) in [5.41, 5.74) is 3.01. The number of rotatable bonds is 4. The van der Waals surface area contributed by atoms with Gasteiger partial charge in [0.2, 0.25) is 0 Å². The zero-order valence-corrected chi connectivity index (χ0v) is 15.7. The van der Waals surface area contributed by atoms with E-state index in [-0.39, 0.29) is 0 Å². The molecule has 0 amide bonds. The molecule has 0 aliphatic heterocycles. The SMILES string of the molecule is C=CCCc1ccc2cc(C3CCC4CC(C)CCC4C3)ccc2c1. The maximum Gasteiger partial charge on any atom is -0.0159 e. The molecule has 2 aromatic carbocycles. The Morgan fingerprint density at radius 2 is 1.68 bits per heavy atom. The quantitative estimate of drug-likeness (QED) is 0.516. The van der Waals surface area contributed by atoms with E-state index in [2.05, 4.69) is 49.9 Å². The molecule has 4 rings (SSSR count). The maximum atomic E-state index is 3.83. The van der Waals surface area contributed by atoms with Crippen LogP contribution in [0.4, 0.5) is 0 Å². The van der Waals surface area contributed by atoms with Gasteiger partial charge in [0.05, 0.1) is 0 Å². The smallest absolute Gasteiger partial charge is 0.0159 e. The molecule has 132 valence electrons. The molecule has 2 fully saturated rings. The van der Waals surface area contributed by atoms with Crippen LogP contribution in [0.1, 0.15) is 68.9 Å². The predicted octanol–water partition coefficient (Wildman–Crippen LogP) is 7.28. The van der Waals surface area contributed by atoms with Crippen molar-refractivity contribution in [2.45, 2.75) is 64.2 Å². The lowest BCUT2D eigenvalue weighted by atomic mass is 9.64. The predicted molar refractivity (Wildman–Crippen MR) is 109 cm³/mol. The van der Waals surface area contributed by atoms with Crippen molar-refractivity contribution in [2.24, 2.45) is 17.8 Å². The Bertz CT molecular complexity index is 741. The Morgan fingerprint density at radius 1 is 0.920 bits per heavy atom. The number of aryl methyl sites for hydroxylation is 1. The van der Waals surface area contributed by atoms with Crippen molar-refractivity contribution in [2.75, 3.05) is 0 Å². The highest BCUT2D eigenvalue weighted by Gasteiger charge is 2.34. The highest BCUT2D eigenvalue weighted by molar-refractivity contribution is 5.84. The van der Waals surface area contributed by atoms with Crippen LogP contribution in [0.15, 0.2) is 49.1 Å². The van der Waals surface area contributed by atoms with Gasteiger partial charge in [-0.1, -0.05) is 55.8 Å². The largest absolute Gasteiger partial charge is 0.103 e. The van der Waals surface area contributed by atoms with Crippen molar-refractivity contribution in [3.8, 4) is 0 Å². The molecule has 0 bridgehead atoms. The van der Waals surface area contributed by atoms with E-state index in [1.54, 1.807) is 5.56 Å². The van der Waals surface area contributed by atoms with Gasteiger partial charge in [-0.25, -0.2) is 0 Å². The molecule has 0 aromatic heterocycles. The summed E-state index contributed by atoms with van der Waals surface area (Å²) < 4.78 is 0. The molecule has 0 nitrogen and oxygen atoms in total. The fourth-order valence-corrected chi connectivity index (χ4v) is 5.42. The third kappa shape index (κ3) is 3.68. The minimum absolute atomic E-state index is 0.791. The number of fused-ring (bicyclic) bond motifs is 2. The Balaban J connectivity index is 1.51. The number of hydrogen-bond acceptors (Lipinski definition) is 0. The Kier molecular flexibility index (Phi) is 4.97. The van der Waals surface area contributed by atoms with Crippen LogP contribution in [0.2, 0.25) is 0 Å². The molecule has 2 aliphatic carbocycles. The van der Waals surface area contributed by atoms with Gasteiger partial charge >= 0.3 is 0 Å². The van der Waals surface area contributed by atoms with Crippen molar-refractivity contribution >= 4 is 10.8 Å². The summed E-state index contributed by atoms with van der Waals surface area (Å²) in [5, 5.41) is 2.81. The lowest BCUT2D eigenvalue weighted by Gasteiger charge is -2.41. The van der Waals surface area contributed by atoms with E-state index in [0.717, 1.165) is 36.5 Å². The number of benzene rings is 2.